The van der Waals surface area contributed by atoms with Crippen LogP contribution in [0.3, 0.4) is 0 Å². The number of nitrogens with zero attached hydrogens (tertiary/aromatic N) is 8. The van der Waals surface area contributed by atoms with E-state index in [1.165, 1.54) is 21.6 Å². The maximum atomic E-state index is 14.1. The summed E-state index contributed by atoms with van der Waals surface area (Å²) < 4.78 is 4.70. The lowest BCUT2D eigenvalue weighted by molar-refractivity contribution is 0.0939. The highest BCUT2D eigenvalue weighted by Gasteiger charge is 2.24. The summed E-state index contributed by atoms with van der Waals surface area (Å²) in [6, 6.07) is 13.9. The van der Waals surface area contributed by atoms with Gasteiger partial charge in [-0.2, -0.15) is 15.3 Å². The summed E-state index contributed by atoms with van der Waals surface area (Å²) in [6.45, 7) is 3.53. The second-order valence-electron chi connectivity index (χ2n) is 9.26. The average Bonchev–Trinajstić information content (AvgIpc) is 3.53. The Morgan fingerprint density at radius 3 is 2.62 bits per heavy atom. The molecule has 0 aliphatic rings. The van der Waals surface area contributed by atoms with Crippen LogP contribution in [0.1, 0.15) is 46.0 Å². The number of carbonyl (C=O) groups is 1. The molecule has 40 heavy (non-hydrogen) atoms. The van der Waals surface area contributed by atoms with Crippen molar-refractivity contribution in [2.45, 2.75) is 19.9 Å². The number of rotatable bonds is 4. The van der Waals surface area contributed by atoms with Crippen molar-refractivity contribution < 1.29 is 4.79 Å². The van der Waals surface area contributed by atoms with Gasteiger partial charge in [0, 0.05) is 18.8 Å². The number of nitrogens with one attached hydrogen (secondary N) is 1. The van der Waals surface area contributed by atoms with Gasteiger partial charge in [0.1, 0.15) is 17.7 Å². The van der Waals surface area contributed by atoms with Crippen LogP contribution in [0, 0.1) is 18.8 Å². The Hall–Kier alpha value is -5.63. The normalized spacial score (nSPS) is 11.8. The monoisotopic (exact) mass is 529 g/mol. The predicted molar refractivity (Wildman–Crippen MR) is 148 cm³/mol. The van der Waals surface area contributed by atoms with Crippen molar-refractivity contribution in [3.8, 4) is 17.5 Å². The van der Waals surface area contributed by atoms with E-state index in [0.29, 0.717) is 44.8 Å². The first-order valence-electron chi connectivity index (χ1n) is 12.5. The summed E-state index contributed by atoms with van der Waals surface area (Å²) in [5, 5.41) is 19.6. The van der Waals surface area contributed by atoms with Gasteiger partial charge in [0.25, 0.3) is 11.5 Å². The molecule has 0 bridgehead atoms. The van der Waals surface area contributed by atoms with Crippen LogP contribution in [-0.4, -0.2) is 45.1 Å². The van der Waals surface area contributed by atoms with Crippen molar-refractivity contribution in [1.29, 1.82) is 0 Å². The molecule has 0 unspecified atom stereocenters. The standard InChI is InChI=1S/C29H23N9O2/c1-18-25(24-15-30-31-17-37(24)35-18)28(39)33-19(2)27-34-23-11-7-8-21(13-12-20-14-32-36(3)16-20)26(23)29(40)38(27)22-9-5-4-6-10-22/h4-11,14-17,19H,1-3H3,(H,33,39)/t19-/m0/s1. The van der Waals surface area contributed by atoms with Crippen molar-refractivity contribution in [3.05, 3.63) is 112 Å². The average molecular weight is 530 g/mol. The van der Waals surface area contributed by atoms with E-state index in [9.17, 15) is 9.59 Å². The van der Waals surface area contributed by atoms with E-state index in [-0.39, 0.29) is 11.5 Å². The number of amides is 1. The second kappa shape index (κ2) is 9.92. The molecule has 1 N–H and O–H groups in total. The molecule has 11 heteroatoms. The minimum Gasteiger partial charge on any atom is -0.342 e. The molecule has 196 valence electrons. The van der Waals surface area contributed by atoms with Gasteiger partial charge in [-0.05, 0) is 38.1 Å². The van der Waals surface area contributed by atoms with Gasteiger partial charge in [-0.15, -0.1) is 5.10 Å². The van der Waals surface area contributed by atoms with Gasteiger partial charge >= 0.3 is 0 Å². The van der Waals surface area contributed by atoms with Crippen LogP contribution < -0.4 is 10.9 Å². The summed E-state index contributed by atoms with van der Waals surface area (Å²) in [5.74, 6) is 6.20. The Labute approximate surface area is 228 Å². The molecule has 0 aliphatic carbocycles. The summed E-state index contributed by atoms with van der Waals surface area (Å²) in [6.07, 6.45) is 6.40. The molecular weight excluding hydrogens is 506 g/mol. The maximum Gasteiger partial charge on any atom is 0.267 e. The van der Waals surface area contributed by atoms with Crippen LogP contribution in [0.2, 0.25) is 0 Å². The highest BCUT2D eigenvalue weighted by molar-refractivity contribution is 6.02. The predicted octanol–water partition coefficient (Wildman–Crippen LogP) is 2.76. The molecule has 0 radical (unpaired) electrons. The summed E-state index contributed by atoms with van der Waals surface area (Å²) in [5.41, 5.74) is 3.54. The minimum absolute atomic E-state index is 0.286. The highest BCUT2D eigenvalue weighted by Crippen LogP contribution is 2.21. The molecule has 11 nitrogen and oxygen atoms in total. The highest BCUT2D eigenvalue weighted by atomic mass is 16.2. The van der Waals surface area contributed by atoms with Crippen LogP contribution in [0.25, 0.3) is 22.1 Å². The van der Waals surface area contributed by atoms with Gasteiger partial charge in [-0.1, -0.05) is 36.1 Å². The Balaban J connectivity index is 1.48. The first kappa shape index (κ1) is 24.7. The van der Waals surface area contributed by atoms with E-state index in [2.05, 4.69) is 37.6 Å². The smallest absolute Gasteiger partial charge is 0.267 e. The lowest BCUT2D eigenvalue weighted by Gasteiger charge is -2.20. The second-order valence-corrected chi connectivity index (χ2v) is 9.26. The van der Waals surface area contributed by atoms with E-state index in [1.807, 2.05) is 43.4 Å². The lowest BCUT2D eigenvalue weighted by atomic mass is 10.1. The van der Waals surface area contributed by atoms with Gasteiger partial charge < -0.3 is 5.32 Å². The van der Waals surface area contributed by atoms with Gasteiger partial charge in [-0.3, -0.25) is 18.8 Å². The third kappa shape index (κ3) is 4.37. The number of carbonyl (C=O) groups excluding carboxylic acids is 1. The molecule has 1 atom stereocenters. The van der Waals surface area contributed by atoms with Crippen LogP contribution in [0.5, 0.6) is 0 Å². The van der Waals surface area contributed by atoms with Crippen molar-refractivity contribution in [3.63, 3.8) is 0 Å². The minimum atomic E-state index is -0.640. The zero-order chi connectivity index (χ0) is 27.8. The first-order chi connectivity index (χ1) is 19.4. The fourth-order valence-electron chi connectivity index (χ4n) is 4.65. The van der Waals surface area contributed by atoms with E-state index in [4.69, 9.17) is 4.98 Å². The molecular formula is C29H23N9O2. The maximum absolute atomic E-state index is 14.1. The Morgan fingerprint density at radius 1 is 1.02 bits per heavy atom. The van der Waals surface area contributed by atoms with E-state index >= 15 is 0 Å². The zero-order valence-corrected chi connectivity index (χ0v) is 21.9. The molecule has 4 aromatic heterocycles. The fourth-order valence-corrected chi connectivity index (χ4v) is 4.65. The van der Waals surface area contributed by atoms with E-state index < -0.39 is 6.04 Å². The van der Waals surface area contributed by atoms with Crippen molar-refractivity contribution in [2.24, 2.45) is 7.05 Å². The topological polar surface area (TPSA) is 125 Å². The number of para-hydroxylation sites is 1. The number of hydrogen-bond donors (Lipinski definition) is 1. The summed E-state index contributed by atoms with van der Waals surface area (Å²) in [7, 11) is 1.82. The number of benzene rings is 2. The SMILES string of the molecule is Cc1nn2cnncc2c1C(=O)N[C@@H](C)c1nc2cccc(C#Cc3cnn(C)c3)c2c(=O)n1-c1ccccc1. The van der Waals surface area contributed by atoms with Crippen molar-refractivity contribution >= 4 is 22.3 Å². The Bertz CT molecular complexity index is 2030. The third-order valence-electron chi connectivity index (χ3n) is 6.48. The van der Waals surface area contributed by atoms with Gasteiger partial charge in [0.15, 0.2) is 0 Å². The van der Waals surface area contributed by atoms with Gasteiger partial charge in [0.2, 0.25) is 0 Å². The Kier molecular flexibility index (Phi) is 6.12. The van der Waals surface area contributed by atoms with Gasteiger partial charge in [0.05, 0.1) is 51.8 Å². The molecule has 6 rings (SSSR count). The number of fused-ring (bicyclic) bond motifs is 2. The van der Waals surface area contributed by atoms with Crippen molar-refractivity contribution in [1.82, 2.24) is 44.5 Å². The van der Waals surface area contributed by atoms with E-state index in [1.54, 1.807) is 43.1 Å². The summed E-state index contributed by atoms with van der Waals surface area (Å²) in [4.78, 5) is 32.4. The third-order valence-corrected chi connectivity index (χ3v) is 6.48. The molecule has 0 spiro atoms. The van der Waals surface area contributed by atoms with Crippen LogP contribution >= 0.6 is 0 Å². The van der Waals surface area contributed by atoms with E-state index in [0.717, 1.165) is 5.56 Å². The molecule has 2 aromatic carbocycles. The molecule has 0 aliphatic heterocycles. The molecule has 0 fully saturated rings. The van der Waals surface area contributed by atoms with Crippen LogP contribution in [-0.2, 0) is 7.05 Å². The number of aromatic nitrogens is 8. The molecule has 6 aromatic rings. The Morgan fingerprint density at radius 2 is 1.85 bits per heavy atom. The largest absolute Gasteiger partial charge is 0.342 e. The van der Waals surface area contributed by atoms with Gasteiger partial charge in [-0.25, -0.2) is 9.50 Å². The molecule has 0 saturated heterocycles. The zero-order valence-electron chi connectivity index (χ0n) is 21.9. The van der Waals surface area contributed by atoms with Crippen LogP contribution in [0.4, 0.5) is 0 Å². The van der Waals surface area contributed by atoms with Crippen LogP contribution in [0.15, 0.2) is 78.2 Å². The lowest BCUT2D eigenvalue weighted by Crippen LogP contribution is -2.33. The van der Waals surface area contributed by atoms with Crippen molar-refractivity contribution in [2.75, 3.05) is 0 Å². The number of aryl methyl sites for hydroxylation is 2. The quantitative estimate of drug-likeness (QED) is 0.348. The first-order valence-corrected chi connectivity index (χ1v) is 12.5. The molecule has 1 amide bonds. The molecule has 0 saturated carbocycles. The fraction of sp³-hybridized carbons (Fsp3) is 0.138. The summed E-state index contributed by atoms with van der Waals surface area (Å²) >= 11 is 0. The number of hydrogen-bond acceptors (Lipinski definition) is 7. The molecule has 4 heterocycles.